The third-order valence-electron chi connectivity index (χ3n) is 3.90. The molecule has 0 spiro atoms. The van der Waals surface area contributed by atoms with E-state index in [0.29, 0.717) is 33.9 Å². The summed E-state index contributed by atoms with van der Waals surface area (Å²) in [6.07, 6.45) is 1.45. The molecular formula is C19H19BrN2O4S. The van der Waals surface area contributed by atoms with Crippen LogP contribution in [0, 0.1) is 5.92 Å². The van der Waals surface area contributed by atoms with Gasteiger partial charge in [-0.25, -0.2) is 9.78 Å². The summed E-state index contributed by atoms with van der Waals surface area (Å²) < 4.78 is 12.5. The van der Waals surface area contributed by atoms with Crippen LogP contribution in [0.3, 0.4) is 0 Å². The summed E-state index contributed by atoms with van der Waals surface area (Å²) in [4.78, 5) is 29.5. The van der Waals surface area contributed by atoms with Gasteiger partial charge in [-0.1, -0.05) is 41.5 Å². The maximum Gasteiger partial charge on any atom is 0.374 e. The maximum absolute atomic E-state index is 13.0. The molecule has 0 atom stereocenters. The van der Waals surface area contributed by atoms with Crippen LogP contribution in [0.1, 0.15) is 30.0 Å². The van der Waals surface area contributed by atoms with Crippen molar-refractivity contribution in [2.75, 3.05) is 7.11 Å². The van der Waals surface area contributed by atoms with Gasteiger partial charge in [0.2, 0.25) is 5.76 Å². The quantitative estimate of drug-likeness (QED) is 0.313. The largest absolute Gasteiger partial charge is 0.463 e. The number of benzene rings is 1. The second-order valence-electron chi connectivity index (χ2n) is 6.42. The lowest BCUT2D eigenvalue weighted by atomic mass is 10.2. The molecule has 0 N–H and O–H groups in total. The van der Waals surface area contributed by atoms with Crippen molar-refractivity contribution in [2.45, 2.75) is 31.3 Å². The molecule has 0 bridgehead atoms. The first-order chi connectivity index (χ1) is 12.9. The Morgan fingerprint density at radius 3 is 2.85 bits per heavy atom. The molecule has 0 unspecified atom stereocenters. The monoisotopic (exact) mass is 450 g/mol. The summed E-state index contributed by atoms with van der Waals surface area (Å²) >= 11 is 4.80. The summed E-state index contributed by atoms with van der Waals surface area (Å²) in [7, 11) is 1.31. The molecule has 0 saturated carbocycles. The fourth-order valence-corrected chi connectivity index (χ4v) is 4.02. The molecule has 0 aliphatic heterocycles. The number of rotatable bonds is 6. The van der Waals surface area contributed by atoms with Crippen molar-refractivity contribution in [1.29, 1.82) is 0 Å². The number of esters is 1. The predicted molar refractivity (Wildman–Crippen MR) is 108 cm³/mol. The second kappa shape index (κ2) is 8.31. The molecule has 2 aromatic heterocycles. The number of carbonyl (C=O) groups is 1. The standard InChI is InChI=1S/C19H19BrN2O4S/c1-11(2)9-22-17(23)14-8-13(20)4-5-15(14)21-19(22)27-10-12-6-7-26-16(12)18(24)25-3/h4-8,11H,9-10H2,1-3H3. The van der Waals surface area contributed by atoms with Crippen molar-refractivity contribution in [3.8, 4) is 0 Å². The minimum Gasteiger partial charge on any atom is -0.463 e. The van der Waals surface area contributed by atoms with Crippen LogP contribution in [0.4, 0.5) is 0 Å². The first kappa shape index (κ1) is 19.7. The number of hydrogen-bond donors (Lipinski definition) is 0. The minimum absolute atomic E-state index is 0.0714. The fourth-order valence-electron chi connectivity index (χ4n) is 2.67. The van der Waals surface area contributed by atoms with Gasteiger partial charge >= 0.3 is 5.97 Å². The minimum atomic E-state index is -0.522. The number of nitrogens with zero attached hydrogens (tertiary/aromatic N) is 2. The zero-order chi connectivity index (χ0) is 19.6. The molecule has 2 heterocycles. The van der Waals surface area contributed by atoms with Crippen LogP contribution in [0.25, 0.3) is 10.9 Å². The van der Waals surface area contributed by atoms with Crippen LogP contribution in [-0.4, -0.2) is 22.6 Å². The summed E-state index contributed by atoms with van der Waals surface area (Å²) in [5.74, 6) is 0.375. The molecular weight excluding hydrogens is 432 g/mol. The molecule has 0 aliphatic rings. The van der Waals surface area contributed by atoms with Crippen molar-refractivity contribution in [1.82, 2.24) is 9.55 Å². The maximum atomic E-state index is 13.0. The topological polar surface area (TPSA) is 74.3 Å². The molecule has 6 nitrogen and oxygen atoms in total. The molecule has 0 radical (unpaired) electrons. The average Bonchev–Trinajstić information content (AvgIpc) is 3.11. The lowest BCUT2D eigenvalue weighted by molar-refractivity contribution is 0.0564. The molecule has 27 heavy (non-hydrogen) atoms. The van der Waals surface area contributed by atoms with E-state index in [1.54, 1.807) is 16.7 Å². The molecule has 0 amide bonds. The molecule has 0 saturated heterocycles. The van der Waals surface area contributed by atoms with Crippen LogP contribution in [0.5, 0.6) is 0 Å². The van der Waals surface area contributed by atoms with Crippen LogP contribution >= 0.6 is 27.7 Å². The lowest BCUT2D eigenvalue weighted by Crippen LogP contribution is -2.25. The number of aromatic nitrogens is 2. The molecule has 8 heteroatoms. The Hall–Kier alpha value is -2.06. The summed E-state index contributed by atoms with van der Waals surface area (Å²) in [6.45, 7) is 4.67. The third kappa shape index (κ3) is 4.27. The van der Waals surface area contributed by atoms with E-state index < -0.39 is 5.97 Å². The predicted octanol–water partition coefficient (Wildman–Crippen LogP) is 4.49. The highest BCUT2D eigenvalue weighted by Crippen LogP contribution is 2.26. The normalized spacial score (nSPS) is 11.3. The molecule has 3 aromatic rings. The van der Waals surface area contributed by atoms with Gasteiger partial charge in [-0.15, -0.1) is 0 Å². The lowest BCUT2D eigenvalue weighted by Gasteiger charge is -2.15. The average molecular weight is 451 g/mol. The van der Waals surface area contributed by atoms with E-state index in [0.717, 1.165) is 4.47 Å². The van der Waals surface area contributed by atoms with Gasteiger partial charge in [-0.3, -0.25) is 9.36 Å². The van der Waals surface area contributed by atoms with Crippen molar-refractivity contribution >= 4 is 44.6 Å². The van der Waals surface area contributed by atoms with Gasteiger partial charge in [0.15, 0.2) is 5.16 Å². The number of carbonyl (C=O) groups excluding carboxylic acids is 1. The number of furan rings is 1. The zero-order valence-electron chi connectivity index (χ0n) is 15.2. The first-order valence-corrected chi connectivity index (χ1v) is 10.2. The Labute approximate surface area is 169 Å². The van der Waals surface area contributed by atoms with Gasteiger partial charge in [-0.05, 0) is 30.2 Å². The van der Waals surface area contributed by atoms with Gasteiger partial charge in [0.1, 0.15) is 0 Å². The summed E-state index contributed by atoms with van der Waals surface area (Å²) in [5, 5.41) is 1.19. The molecule has 142 valence electrons. The van der Waals surface area contributed by atoms with Gasteiger partial charge in [-0.2, -0.15) is 0 Å². The van der Waals surface area contributed by atoms with Crippen molar-refractivity contribution in [3.63, 3.8) is 0 Å². The Kier molecular flexibility index (Phi) is 6.06. The number of fused-ring (bicyclic) bond motifs is 1. The molecule has 0 fully saturated rings. The van der Waals surface area contributed by atoms with Crippen LogP contribution in [-0.2, 0) is 17.0 Å². The highest BCUT2D eigenvalue weighted by atomic mass is 79.9. The van der Waals surface area contributed by atoms with E-state index >= 15 is 0 Å². The van der Waals surface area contributed by atoms with Gasteiger partial charge in [0.25, 0.3) is 5.56 Å². The van der Waals surface area contributed by atoms with Crippen molar-refractivity contribution < 1.29 is 13.9 Å². The number of ether oxygens (including phenoxy) is 1. The van der Waals surface area contributed by atoms with E-state index in [-0.39, 0.29) is 17.2 Å². The first-order valence-electron chi connectivity index (χ1n) is 8.38. The Morgan fingerprint density at radius 2 is 2.15 bits per heavy atom. The zero-order valence-corrected chi connectivity index (χ0v) is 17.6. The Morgan fingerprint density at radius 1 is 1.37 bits per heavy atom. The number of methoxy groups -OCH3 is 1. The third-order valence-corrected chi connectivity index (χ3v) is 5.42. The van der Waals surface area contributed by atoms with Crippen LogP contribution in [0.15, 0.2) is 49.4 Å². The molecule has 3 rings (SSSR count). The smallest absolute Gasteiger partial charge is 0.374 e. The SMILES string of the molecule is COC(=O)c1occc1CSc1nc2ccc(Br)cc2c(=O)n1CC(C)C. The van der Waals surface area contributed by atoms with Crippen LogP contribution in [0.2, 0.25) is 0 Å². The highest BCUT2D eigenvalue weighted by molar-refractivity contribution is 9.10. The Bertz CT molecular complexity index is 1040. The summed E-state index contributed by atoms with van der Waals surface area (Å²) in [6, 6.07) is 7.20. The van der Waals surface area contributed by atoms with E-state index in [2.05, 4.69) is 34.8 Å². The van der Waals surface area contributed by atoms with Crippen molar-refractivity contribution in [2.24, 2.45) is 5.92 Å². The number of hydrogen-bond acceptors (Lipinski definition) is 6. The number of thioether (sulfide) groups is 1. The highest BCUT2D eigenvalue weighted by Gasteiger charge is 2.18. The van der Waals surface area contributed by atoms with Gasteiger partial charge in [0.05, 0.1) is 24.3 Å². The van der Waals surface area contributed by atoms with E-state index in [1.807, 2.05) is 12.1 Å². The fraction of sp³-hybridized carbons (Fsp3) is 0.316. The number of halogens is 1. The van der Waals surface area contributed by atoms with Crippen molar-refractivity contribution in [3.05, 3.63) is 56.7 Å². The van der Waals surface area contributed by atoms with Crippen LogP contribution < -0.4 is 5.56 Å². The van der Waals surface area contributed by atoms with Gasteiger partial charge < -0.3 is 9.15 Å². The Balaban J connectivity index is 2.00. The molecule has 0 aliphatic carbocycles. The second-order valence-corrected chi connectivity index (χ2v) is 8.28. The van der Waals surface area contributed by atoms with E-state index in [1.165, 1.54) is 25.1 Å². The van der Waals surface area contributed by atoms with E-state index in [9.17, 15) is 9.59 Å². The van der Waals surface area contributed by atoms with Gasteiger partial charge in [0, 0.05) is 22.3 Å². The summed E-state index contributed by atoms with van der Waals surface area (Å²) in [5.41, 5.74) is 1.28. The molecule has 1 aromatic carbocycles. The van der Waals surface area contributed by atoms with E-state index in [4.69, 9.17) is 9.15 Å².